The van der Waals surface area contributed by atoms with Gasteiger partial charge in [-0.1, -0.05) is 48.5 Å². The summed E-state index contributed by atoms with van der Waals surface area (Å²) in [5.74, 6) is -0.638. The Morgan fingerprint density at radius 3 is 2.39 bits per heavy atom. The lowest BCUT2D eigenvalue weighted by atomic mass is 9.74. The summed E-state index contributed by atoms with van der Waals surface area (Å²) in [5.41, 5.74) is 7.10. The molecule has 0 saturated carbocycles. The molecule has 0 aliphatic carbocycles. The zero-order chi connectivity index (χ0) is 29.1. The molecule has 1 aromatic heterocycles. The summed E-state index contributed by atoms with van der Waals surface area (Å²) in [6.45, 7) is 4.03. The third kappa shape index (κ3) is 7.28. The van der Waals surface area contributed by atoms with Crippen molar-refractivity contribution in [2.45, 2.75) is 51.1 Å². The minimum Gasteiger partial charge on any atom is -0.361 e. The van der Waals surface area contributed by atoms with Gasteiger partial charge in [0.15, 0.2) is 0 Å². The molecule has 222 valence electrons. The monoisotopic (exact) mass is 582 g/mol. The van der Waals surface area contributed by atoms with Gasteiger partial charge in [-0.15, -0.1) is 12.4 Å². The molecule has 3 aromatic rings. The average molecular weight is 583 g/mol. The van der Waals surface area contributed by atoms with Gasteiger partial charge in [0, 0.05) is 57.8 Å². The van der Waals surface area contributed by atoms with E-state index in [-0.39, 0.29) is 30.8 Å². The summed E-state index contributed by atoms with van der Waals surface area (Å²) >= 11 is 0. The molecule has 41 heavy (non-hydrogen) atoms. The van der Waals surface area contributed by atoms with Crippen molar-refractivity contribution >= 4 is 41.0 Å². The van der Waals surface area contributed by atoms with Crippen molar-refractivity contribution in [1.29, 1.82) is 0 Å². The van der Waals surface area contributed by atoms with Crippen LogP contribution in [0.3, 0.4) is 0 Å². The van der Waals surface area contributed by atoms with E-state index in [0.29, 0.717) is 32.2 Å². The predicted octanol–water partition coefficient (Wildman–Crippen LogP) is 3.14. The van der Waals surface area contributed by atoms with Crippen molar-refractivity contribution in [1.82, 2.24) is 25.2 Å². The molecule has 0 spiro atoms. The van der Waals surface area contributed by atoms with E-state index >= 15 is 0 Å². The van der Waals surface area contributed by atoms with Gasteiger partial charge in [-0.25, -0.2) is 5.01 Å². The van der Waals surface area contributed by atoms with Crippen LogP contribution in [0.2, 0.25) is 0 Å². The number of fused-ring (bicyclic) bond motifs is 1. The van der Waals surface area contributed by atoms with E-state index in [1.807, 2.05) is 74.9 Å². The lowest BCUT2D eigenvalue weighted by molar-refractivity contribution is -0.159. The van der Waals surface area contributed by atoms with Gasteiger partial charge in [-0.3, -0.25) is 19.4 Å². The van der Waals surface area contributed by atoms with Gasteiger partial charge in [-0.2, -0.15) is 0 Å². The first kappa shape index (κ1) is 32.1. The van der Waals surface area contributed by atoms with Crippen molar-refractivity contribution < 1.29 is 14.4 Å². The Kier molecular flexibility index (Phi) is 10.2. The Morgan fingerprint density at radius 1 is 1.07 bits per heavy atom. The van der Waals surface area contributed by atoms with Crippen LogP contribution in [0.1, 0.15) is 37.8 Å². The SMILES string of the molecule is CN(C)N(C)C(=O)[C@@]1(Cc2ccccc2)CCCN(C(=O)C(Cc2c[nH]c3ccccc23)NC(=O)C(C)(C)N)C1.Cl. The number of aromatic nitrogens is 1. The number of carbonyl (C=O) groups is 3. The van der Waals surface area contributed by atoms with Gasteiger partial charge in [0.05, 0.1) is 11.0 Å². The number of hydrogen-bond acceptors (Lipinski definition) is 5. The Labute approximate surface area is 248 Å². The van der Waals surface area contributed by atoms with Gasteiger partial charge >= 0.3 is 0 Å². The molecule has 2 aromatic carbocycles. The second kappa shape index (κ2) is 13.1. The predicted molar refractivity (Wildman–Crippen MR) is 164 cm³/mol. The summed E-state index contributed by atoms with van der Waals surface area (Å²) in [4.78, 5) is 46.2. The Balaban J connectivity index is 0.00000462. The Morgan fingerprint density at radius 2 is 1.73 bits per heavy atom. The van der Waals surface area contributed by atoms with Gasteiger partial charge < -0.3 is 20.9 Å². The van der Waals surface area contributed by atoms with Crippen LogP contribution in [-0.4, -0.2) is 83.4 Å². The minimum atomic E-state index is -1.15. The van der Waals surface area contributed by atoms with Crippen LogP contribution in [0.5, 0.6) is 0 Å². The van der Waals surface area contributed by atoms with E-state index in [1.54, 1.807) is 35.8 Å². The zero-order valence-corrected chi connectivity index (χ0v) is 25.5. The third-order valence-corrected chi connectivity index (χ3v) is 7.91. The number of amides is 3. The smallest absolute Gasteiger partial charge is 0.245 e. The fourth-order valence-electron chi connectivity index (χ4n) is 5.51. The van der Waals surface area contributed by atoms with Gasteiger partial charge in [0.2, 0.25) is 17.7 Å². The molecule has 2 atom stereocenters. The van der Waals surface area contributed by atoms with Gasteiger partial charge in [-0.05, 0) is 50.3 Å². The number of nitrogens with zero attached hydrogens (tertiary/aromatic N) is 3. The van der Waals surface area contributed by atoms with E-state index in [1.165, 1.54) is 0 Å². The quantitative estimate of drug-likeness (QED) is 0.335. The maximum Gasteiger partial charge on any atom is 0.245 e. The zero-order valence-electron chi connectivity index (χ0n) is 24.6. The highest BCUT2D eigenvalue weighted by Gasteiger charge is 2.46. The first-order valence-corrected chi connectivity index (χ1v) is 13.8. The number of para-hydroxylation sites is 1. The molecule has 1 aliphatic heterocycles. The molecule has 10 heteroatoms. The minimum absolute atomic E-state index is 0. The van der Waals surface area contributed by atoms with E-state index in [9.17, 15) is 14.4 Å². The number of rotatable bonds is 9. The number of aromatic amines is 1. The summed E-state index contributed by atoms with van der Waals surface area (Å²) in [5, 5.41) is 7.32. The van der Waals surface area contributed by atoms with Crippen LogP contribution >= 0.6 is 12.4 Å². The second-order valence-corrected chi connectivity index (χ2v) is 11.8. The largest absolute Gasteiger partial charge is 0.361 e. The number of hydrogen-bond donors (Lipinski definition) is 3. The molecular formula is C31H43ClN6O3. The van der Waals surface area contributed by atoms with Crippen LogP contribution in [0.25, 0.3) is 10.9 Å². The van der Waals surface area contributed by atoms with Crippen molar-refractivity contribution in [3.8, 4) is 0 Å². The highest BCUT2D eigenvalue weighted by atomic mass is 35.5. The molecular weight excluding hydrogens is 540 g/mol. The number of nitrogens with one attached hydrogen (secondary N) is 2. The molecule has 1 unspecified atom stereocenters. The van der Waals surface area contributed by atoms with E-state index < -0.39 is 22.9 Å². The van der Waals surface area contributed by atoms with Crippen molar-refractivity contribution in [2.75, 3.05) is 34.2 Å². The first-order valence-electron chi connectivity index (χ1n) is 13.8. The molecule has 1 fully saturated rings. The topological polar surface area (TPSA) is 115 Å². The number of likely N-dealkylation sites (tertiary alicyclic amines) is 1. The van der Waals surface area contributed by atoms with E-state index in [0.717, 1.165) is 22.0 Å². The lowest BCUT2D eigenvalue weighted by Gasteiger charge is -2.45. The van der Waals surface area contributed by atoms with Gasteiger partial charge in [0.25, 0.3) is 0 Å². The normalized spacial score (nSPS) is 18.1. The fraction of sp³-hybridized carbons (Fsp3) is 0.452. The van der Waals surface area contributed by atoms with Crippen LogP contribution in [-0.2, 0) is 27.2 Å². The number of piperidine rings is 1. The fourth-order valence-corrected chi connectivity index (χ4v) is 5.51. The maximum absolute atomic E-state index is 14.2. The number of nitrogens with two attached hydrogens (primary N) is 1. The molecule has 3 amide bonds. The molecule has 9 nitrogen and oxygen atoms in total. The molecule has 4 N–H and O–H groups in total. The summed E-state index contributed by atoms with van der Waals surface area (Å²) in [7, 11) is 5.43. The van der Waals surface area contributed by atoms with Crippen LogP contribution in [0.15, 0.2) is 60.8 Å². The summed E-state index contributed by atoms with van der Waals surface area (Å²) < 4.78 is 0. The second-order valence-electron chi connectivity index (χ2n) is 11.8. The third-order valence-electron chi connectivity index (χ3n) is 7.91. The average Bonchev–Trinajstić information content (AvgIpc) is 3.34. The Bertz CT molecular complexity index is 1350. The molecule has 1 aliphatic rings. The number of carbonyl (C=O) groups excluding carboxylic acids is 3. The van der Waals surface area contributed by atoms with Gasteiger partial charge in [0.1, 0.15) is 6.04 Å². The van der Waals surface area contributed by atoms with Crippen molar-refractivity contribution in [3.63, 3.8) is 0 Å². The number of halogens is 1. The van der Waals surface area contributed by atoms with Crippen LogP contribution < -0.4 is 11.1 Å². The number of H-pyrrole nitrogens is 1. The van der Waals surface area contributed by atoms with Crippen molar-refractivity contribution in [2.24, 2.45) is 11.1 Å². The molecule has 0 radical (unpaired) electrons. The van der Waals surface area contributed by atoms with E-state index in [2.05, 4.69) is 10.3 Å². The number of benzene rings is 2. The number of hydrazine groups is 1. The summed E-state index contributed by atoms with van der Waals surface area (Å²) in [6, 6.07) is 17.0. The molecule has 1 saturated heterocycles. The Hall–Kier alpha value is -3.40. The molecule has 0 bridgehead atoms. The van der Waals surface area contributed by atoms with Crippen LogP contribution in [0, 0.1) is 5.41 Å². The van der Waals surface area contributed by atoms with Crippen molar-refractivity contribution in [3.05, 3.63) is 71.9 Å². The van der Waals surface area contributed by atoms with E-state index in [4.69, 9.17) is 5.73 Å². The highest BCUT2D eigenvalue weighted by Crippen LogP contribution is 2.36. The lowest BCUT2D eigenvalue weighted by Crippen LogP contribution is -2.61. The maximum atomic E-state index is 14.2. The molecule has 2 heterocycles. The highest BCUT2D eigenvalue weighted by molar-refractivity contribution is 5.93. The molecule has 4 rings (SSSR count). The first-order chi connectivity index (χ1) is 18.9. The standard InChI is InChI=1S/C31H42N6O3.ClH/c1-30(2,32)28(39)34-26(18-23-20-33-25-15-10-9-14-24(23)25)27(38)37-17-11-16-31(21-37,29(40)36(5)35(3)4)19-22-12-7-6-8-13-22;/h6-10,12-15,20,26,33H,11,16-19,21,32H2,1-5H3,(H,34,39);1H/t26?,31-;/m1./s1. The summed E-state index contributed by atoms with van der Waals surface area (Å²) in [6.07, 6.45) is 4.05. The van der Waals surface area contributed by atoms with Crippen LogP contribution in [0.4, 0.5) is 0 Å².